The molecule has 0 saturated heterocycles. The Morgan fingerprint density at radius 2 is 2.12 bits per heavy atom. The first-order chi connectivity index (χ1) is 8.34. The normalized spacial score (nSPS) is 15.1. The van der Waals surface area contributed by atoms with Gasteiger partial charge in [0, 0.05) is 6.54 Å². The van der Waals surface area contributed by atoms with Gasteiger partial charge in [0.2, 0.25) is 0 Å². The summed E-state index contributed by atoms with van der Waals surface area (Å²) in [5, 5.41) is 8.05. The molecule has 86 valence electrons. The fourth-order valence-electron chi connectivity index (χ4n) is 2.01. The molecule has 0 atom stereocenters. The average molecular weight is 227 g/mol. The number of aromatic nitrogens is 4. The average Bonchev–Trinajstić information content (AvgIpc) is 2.99. The van der Waals surface area contributed by atoms with Gasteiger partial charge in [0.15, 0.2) is 11.1 Å². The van der Waals surface area contributed by atoms with E-state index in [1.54, 1.807) is 12.7 Å². The molecule has 0 amide bonds. The van der Waals surface area contributed by atoms with Gasteiger partial charge in [-0.25, -0.2) is 9.97 Å². The fourth-order valence-corrected chi connectivity index (χ4v) is 2.01. The second-order valence-electron chi connectivity index (χ2n) is 4.11. The van der Waals surface area contributed by atoms with Gasteiger partial charge in [-0.3, -0.25) is 5.41 Å². The minimum Gasteiger partial charge on any atom is -0.340 e. The van der Waals surface area contributed by atoms with Crippen molar-refractivity contribution in [2.75, 3.05) is 0 Å². The van der Waals surface area contributed by atoms with Crippen molar-refractivity contribution in [2.45, 2.75) is 13.0 Å². The number of fused-ring (bicyclic) bond motifs is 1. The number of rotatable bonds is 3. The molecule has 5 heteroatoms. The number of aryl methyl sites for hydroxylation is 1. The summed E-state index contributed by atoms with van der Waals surface area (Å²) in [7, 11) is 0. The van der Waals surface area contributed by atoms with Crippen LogP contribution in [0.25, 0.3) is 11.2 Å². The SMILES string of the molecule is N=c1c2[nH]cnc2ncn1CCC1C=CC=C1. The lowest BCUT2D eigenvalue weighted by Crippen LogP contribution is -2.21. The van der Waals surface area contributed by atoms with Crippen LogP contribution in [-0.2, 0) is 6.54 Å². The number of imidazole rings is 1. The zero-order valence-electron chi connectivity index (χ0n) is 9.30. The van der Waals surface area contributed by atoms with Gasteiger partial charge in [0.05, 0.1) is 12.7 Å². The number of H-pyrrole nitrogens is 1. The number of nitrogens with one attached hydrogen (secondary N) is 2. The van der Waals surface area contributed by atoms with Crippen molar-refractivity contribution in [3.63, 3.8) is 0 Å². The smallest absolute Gasteiger partial charge is 0.182 e. The predicted octanol–water partition coefficient (Wildman–Crippen LogP) is 1.37. The molecule has 0 aromatic carbocycles. The summed E-state index contributed by atoms with van der Waals surface area (Å²) in [6.07, 6.45) is 12.7. The number of hydrogen-bond acceptors (Lipinski definition) is 3. The summed E-state index contributed by atoms with van der Waals surface area (Å²) in [6.45, 7) is 0.792. The lowest BCUT2D eigenvalue weighted by molar-refractivity contribution is 0.564. The zero-order valence-corrected chi connectivity index (χ0v) is 9.30. The number of nitrogens with zero attached hydrogens (tertiary/aromatic N) is 3. The highest BCUT2D eigenvalue weighted by Gasteiger charge is 2.06. The van der Waals surface area contributed by atoms with Crippen LogP contribution in [-0.4, -0.2) is 19.5 Å². The van der Waals surface area contributed by atoms with Gasteiger partial charge >= 0.3 is 0 Å². The van der Waals surface area contributed by atoms with Crippen LogP contribution in [0.2, 0.25) is 0 Å². The largest absolute Gasteiger partial charge is 0.340 e. The fraction of sp³-hybridized carbons (Fsp3) is 0.250. The lowest BCUT2D eigenvalue weighted by atomic mass is 10.1. The number of allylic oxidation sites excluding steroid dienone is 4. The van der Waals surface area contributed by atoms with E-state index in [4.69, 9.17) is 5.41 Å². The molecular weight excluding hydrogens is 214 g/mol. The highest BCUT2D eigenvalue weighted by atomic mass is 15.1. The van der Waals surface area contributed by atoms with Crippen molar-refractivity contribution in [2.24, 2.45) is 5.92 Å². The van der Waals surface area contributed by atoms with Gasteiger partial charge < -0.3 is 9.55 Å². The minimum atomic E-state index is 0.443. The maximum Gasteiger partial charge on any atom is 0.182 e. The Morgan fingerprint density at radius 3 is 2.94 bits per heavy atom. The predicted molar refractivity (Wildman–Crippen MR) is 64.1 cm³/mol. The van der Waals surface area contributed by atoms with Gasteiger partial charge in [-0.05, 0) is 12.3 Å². The molecule has 0 unspecified atom stereocenters. The molecule has 0 spiro atoms. The third kappa shape index (κ3) is 1.80. The topological polar surface area (TPSA) is 70.3 Å². The summed E-state index contributed by atoms with van der Waals surface area (Å²) in [4.78, 5) is 11.2. The minimum absolute atomic E-state index is 0.443. The first-order valence-electron chi connectivity index (χ1n) is 5.63. The van der Waals surface area contributed by atoms with Gasteiger partial charge in [-0.15, -0.1) is 0 Å². The standard InChI is InChI=1S/C12H13N5/c13-11-10-12(15-7-14-10)16-8-17(11)6-5-9-3-1-2-4-9/h1-4,7-9,13H,5-6H2,(H,14,15). The maximum atomic E-state index is 8.05. The molecule has 2 heterocycles. The van der Waals surface area contributed by atoms with Crippen molar-refractivity contribution in [1.82, 2.24) is 19.5 Å². The summed E-state index contributed by atoms with van der Waals surface area (Å²) >= 11 is 0. The third-order valence-electron chi connectivity index (χ3n) is 2.99. The molecule has 17 heavy (non-hydrogen) atoms. The molecule has 0 aliphatic heterocycles. The molecular formula is C12H13N5. The molecule has 0 bridgehead atoms. The van der Waals surface area contributed by atoms with E-state index in [0.717, 1.165) is 13.0 Å². The molecule has 0 fully saturated rings. The van der Waals surface area contributed by atoms with Gasteiger partial charge in [-0.1, -0.05) is 24.3 Å². The third-order valence-corrected chi connectivity index (χ3v) is 2.99. The highest BCUT2D eigenvalue weighted by molar-refractivity contribution is 5.67. The molecule has 0 radical (unpaired) electrons. The van der Waals surface area contributed by atoms with Crippen LogP contribution in [0.1, 0.15) is 6.42 Å². The Hall–Kier alpha value is -2.17. The van der Waals surface area contributed by atoms with Crippen LogP contribution in [0.3, 0.4) is 0 Å². The lowest BCUT2D eigenvalue weighted by Gasteiger charge is -2.08. The van der Waals surface area contributed by atoms with E-state index in [1.165, 1.54) is 0 Å². The first-order valence-corrected chi connectivity index (χ1v) is 5.63. The Morgan fingerprint density at radius 1 is 1.29 bits per heavy atom. The Kier molecular flexibility index (Phi) is 2.36. The van der Waals surface area contributed by atoms with Crippen LogP contribution in [0.5, 0.6) is 0 Å². The zero-order chi connectivity index (χ0) is 11.7. The van der Waals surface area contributed by atoms with Gasteiger partial charge in [0.25, 0.3) is 0 Å². The Labute approximate surface area is 98.0 Å². The van der Waals surface area contributed by atoms with E-state index in [2.05, 4.69) is 39.3 Å². The van der Waals surface area contributed by atoms with E-state index < -0.39 is 0 Å². The first kappa shape index (κ1) is 10.0. The van der Waals surface area contributed by atoms with Crippen molar-refractivity contribution in [3.05, 3.63) is 42.4 Å². The van der Waals surface area contributed by atoms with Crippen LogP contribution >= 0.6 is 0 Å². The molecule has 2 aromatic heterocycles. The second kappa shape index (κ2) is 4.01. The van der Waals surface area contributed by atoms with E-state index in [1.807, 2.05) is 4.57 Å². The van der Waals surface area contributed by atoms with E-state index in [9.17, 15) is 0 Å². The van der Waals surface area contributed by atoms with E-state index >= 15 is 0 Å². The highest BCUT2D eigenvalue weighted by Crippen LogP contribution is 2.13. The van der Waals surface area contributed by atoms with Crippen molar-refractivity contribution in [1.29, 1.82) is 5.41 Å². The Bertz CT molecular complexity index is 634. The maximum absolute atomic E-state index is 8.05. The molecule has 2 aromatic rings. The van der Waals surface area contributed by atoms with Gasteiger partial charge in [-0.2, -0.15) is 0 Å². The molecule has 3 rings (SSSR count). The van der Waals surface area contributed by atoms with Crippen LogP contribution < -0.4 is 5.49 Å². The number of hydrogen-bond donors (Lipinski definition) is 2. The summed E-state index contributed by atoms with van der Waals surface area (Å²) in [5.74, 6) is 0.486. The van der Waals surface area contributed by atoms with E-state index in [-0.39, 0.29) is 0 Å². The molecule has 1 aliphatic carbocycles. The molecule has 5 nitrogen and oxygen atoms in total. The summed E-state index contributed by atoms with van der Waals surface area (Å²) in [6, 6.07) is 0. The van der Waals surface area contributed by atoms with E-state index in [0.29, 0.717) is 22.6 Å². The van der Waals surface area contributed by atoms with Crippen molar-refractivity contribution < 1.29 is 0 Å². The van der Waals surface area contributed by atoms with Crippen LogP contribution in [0.15, 0.2) is 37.0 Å². The quantitative estimate of drug-likeness (QED) is 0.831. The molecule has 2 N–H and O–H groups in total. The second-order valence-corrected chi connectivity index (χ2v) is 4.11. The Balaban J connectivity index is 1.85. The molecule has 0 saturated carbocycles. The van der Waals surface area contributed by atoms with Crippen LogP contribution in [0, 0.1) is 11.3 Å². The summed E-state index contributed by atoms with van der Waals surface area (Å²) in [5.41, 5.74) is 1.75. The van der Waals surface area contributed by atoms with Crippen molar-refractivity contribution >= 4 is 11.2 Å². The number of aromatic amines is 1. The van der Waals surface area contributed by atoms with Gasteiger partial charge in [0.1, 0.15) is 5.52 Å². The summed E-state index contributed by atoms with van der Waals surface area (Å²) < 4.78 is 1.85. The monoisotopic (exact) mass is 227 g/mol. The molecule has 1 aliphatic rings. The van der Waals surface area contributed by atoms with Crippen molar-refractivity contribution in [3.8, 4) is 0 Å². The van der Waals surface area contributed by atoms with Crippen LogP contribution in [0.4, 0.5) is 0 Å².